The molecular formula is C22H20Cl2FN5O5S. The summed E-state index contributed by atoms with van der Waals surface area (Å²) in [6.07, 6.45) is 1.97. The molecule has 1 aliphatic heterocycles. The molecule has 0 spiro atoms. The van der Waals surface area contributed by atoms with Crippen LogP contribution in [0.15, 0.2) is 53.6 Å². The van der Waals surface area contributed by atoms with E-state index in [0.29, 0.717) is 0 Å². The molecule has 0 aliphatic carbocycles. The number of carbonyl (C=O) groups is 1. The first-order valence-electron chi connectivity index (χ1n) is 10.8. The van der Waals surface area contributed by atoms with E-state index < -0.39 is 26.7 Å². The number of hydrogen-bond donors (Lipinski definition) is 1. The molecule has 0 atom stereocenters. The Morgan fingerprint density at radius 2 is 1.81 bits per heavy atom. The van der Waals surface area contributed by atoms with Crippen molar-refractivity contribution in [3.63, 3.8) is 0 Å². The number of carbonyl (C=O) groups excluding carboxylic acids is 1. The number of aromatic nitrogens is 2. The van der Waals surface area contributed by atoms with E-state index in [2.05, 4.69) is 10.4 Å². The summed E-state index contributed by atoms with van der Waals surface area (Å²) in [6, 6.07) is 8.99. The third-order valence-corrected chi connectivity index (χ3v) is 8.39. The summed E-state index contributed by atoms with van der Waals surface area (Å²) in [5, 5.41) is 18.1. The molecule has 2 aromatic carbocycles. The highest BCUT2D eigenvalue weighted by Crippen LogP contribution is 2.28. The maximum atomic E-state index is 14.1. The van der Waals surface area contributed by atoms with E-state index >= 15 is 0 Å². The molecule has 190 valence electrons. The van der Waals surface area contributed by atoms with Crippen LogP contribution in [0.5, 0.6) is 0 Å². The first-order chi connectivity index (χ1) is 17.1. The van der Waals surface area contributed by atoms with Crippen molar-refractivity contribution in [2.75, 3.05) is 18.4 Å². The Morgan fingerprint density at radius 1 is 1.14 bits per heavy atom. The van der Waals surface area contributed by atoms with E-state index in [0.717, 1.165) is 12.1 Å². The Bertz CT molecular complexity index is 1390. The van der Waals surface area contributed by atoms with Gasteiger partial charge in [-0.2, -0.15) is 9.40 Å². The number of anilines is 1. The lowest BCUT2D eigenvalue weighted by molar-refractivity contribution is -0.384. The molecule has 1 aliphatic rings. The fourth-order valence-corrected chi connectivity index (χ4v) is 5.76. The van der Waals surface area contributed by atoms with Crippen LogP contribution in [0.3, 0.4) is 0 Å². The van der Waals surface area contributed by atoms with Crippen molar-refractivity contribution in [1.82, 2.24) is 14.1 Å². The van der Waals surface area contributed by atoms with Gasteiger partial charge in [0.2, 0.25) is 15.9 Å². The van der Waals surface area contributed by atoms with E-state index in [4.69, 9.17) is 23.2 Å². The highest BCUT2D eigenvalue weighted by molar-refractivity contribution is 7.89. The summed E-state index contributed by atoms with van der Waals surface area (Å²) in [7, 11) is -3.85. The van der Waals surface area contributed by atoms with E-state index in [1.54, 1.807) is 6.07 Å². The molecule has 0 unspecified atom stereocenters. The molecule has 1 N–H and O–H groups in total. The number of piperidine rings is 1. The molecule has 1 saturated heterocycles. The summed E-state index contributed by atoms with van der Waals surface area (Å²) in [5.41, 5.74) is 0.0280. The molecule has 4 rings (SSSR count). The van der Waals surface area contributed by atoms with Crippen LogP contribution in [0.2, 0.25) is 10.0 Å². The molecular weight excluding hydrogens is 536 g/mol. The molecule has 0 bridgehead atoms. The third-order valence-electron chi connectivity index (χ3n) is 5.85. The molecule has 1 aromatic heterocycles. The highest BCUT2D eigenvalue weighted by atomic mass is 35.5. The van der Waals surface area contributed by atoms with Crippen molar-refractivity contribution in [2.45, 2.75) is 24.3 Å². The van der Waals surface area contributed by atoms with Crippen LogP contribution in [0.4, 0.5) is 15.9 Å². The average molecular weight is 556 g/mol. The SMILES string of the molecule is O=C(Nc1nn(Cc2c(F)cccc2Cl)cc1Cl)C1CCN(S(=O)(=O)c2ccc([N+](=O)[O-])cc2)CC1. The number of nitro benzene ring substituents is 1. The molecule has 10 nitrogen and oxygen atoms in total. The number of benzene rings is 2. The summed E-state index contributed by atoms with van der Waals surface area (Å²) in [4.78, 5) is 22.9. The number of hydrogen-bond acceptors (Lipinski definition) is 6. The number of rotatable bonds is 7. The molecule has 0 radical (unpaired) electrons. The van der Waals surface area contributed by atoms with Crippen LogP contribution in [0, 0.1) is 21.8 Å². The number of sulfonamides is 1. The predicted octanol–water partition coefficient (Wildman–Crippen LogP) is 4.32. The quantitative estimate of drug-likeness (QED) is 0.341. The van der Waals surface area contributed by atoms with Crippen LogP contribution < -0.4 is 5.32 Å². The van der Waals surface area contributed by atoms with Gasteiger partial charge >= 0.3 is 0 Å². The van der Waals surface area contributed by atoms with Crippen molar-refractivity contribution in [3.05, 3.63) is 80.2 Å². The van der Waals surface area contributed by atoms with Crippen LogP contribution >= 0.6 is 23.2 Å². The Hall–Kier alpha value is -3.06. The summed E-state index contributed by atoms with van der Waals surface area (Å²) < 4.78 is 42.4. The van der Waals surface area contributed by atoms with Gasteiger partial charge in [0.25, 0.3) is 5.69 Å². The Labute approximate surface area is 215 Å². The van der Waals surface area contributed by atoms with E-state index in [-0.39, 0.29) is 70.4 Å². The van der Waals surface area contributed by atoms with E-state index in [9.17, 15) is 27.7 Å². The number of halogens is 3. The van der Waals surface area contributed by atoms with Crippen molar-refractivity contribution in [1.29, 1.82) is 0 Å². The lowest BCUT2D eigenvalue weighted by atomic mass is 9.97. The van der Waals surface area contributed by atoms with E-state index in [1.807, 2.05) is 0 Å². The minimum atomic E-state index is -3.85. The minimum absolute atomic E-state index is 0.0139. The van der Waals surface area contributed by atoms with Gasteiger partial charge in [-0.25, -0.2) is 12.8 Å². The number of nitro groups is 1. The normalized spacial score (nSPS) is 15.1. The van der Waals surface area contributed by atoms with Gasteiger partial charge < -0.3 is 5.32 Å². The number of nitrogens with zero attached hydrogens (tertiary/aromatic N) is 4. The molecule has 14 heteroatoms. The van der Waals surface area contributed by atoms with Crippen molar-refractivity contribution >= 4 is 50.6 Å². The van der Waals surface area contributed by atoms with Gasteiger partial charge in [-0.15, -0.1) is 0 Å². The van der Waals surface area contributed by atoms with Crippen LogP contribution in [-0.4, -0.2) is 46.4 Å². The van der Waals surface area contributed by atoms with Gasteiger partial charge in [-0.3, -0.25) is 19.6 Å². The second-order valence-corrected chi connectivity index (χ2v) is 10.9. The second kappa shape index (κ2) is 10.5. The molecule has 1 fully saturated rings. The van der Waals surface area contributed by atoms with Crippen LogP contribution in [0.1, 0.15) is 18.4 Å². The van der Waals surface area contributed by atoms with Crippen molar-refractivity contribution in [3.8, 4) is 0 Å². The number of nitrogens with one attached hydrogen (secondary N) is 1. The Balaban J connectivity index is 1.37. The topological polar surface area (TPSA) is 127 Å². The van der Waals surface area contributed by atoms with Gasteiger partial charge in [0, 0.05) is 47.9 Å². The summed E-state index contributed by atoms with van der Waals surface area (Å²) >= 11 is 12.3. The molecule has 0 saturated carbocycles. The molecule has 2 heterocycles. The highest BCUT2D eigenvalue weighted by Gasteiger charge is 2.32. The zero-order chi connectivity index (χ0) is 26.0. The zero-order valence-electron chi connectivity index (χ0n) is 18.6. The van der Waals surface area contributed by atoms with Crippen LogP contribution in [0.25, 0.3) is 0 Å². The minimum Gasteiger partial charge on any atom is -0.308 e. The van der Waals surface area contributed by atoms with E-state index in [1.165, 1.54) is 39.4 Å². The smallest absolute Gasteiger partial charge is 0.269 e. The monoisotopic (exact) mass is 555 g/mol. The Morgan fingerprint density at radius 3 is 2.42 bits per heavy atom. The third kappa shape index (κ3) is 5.51. The lowest BCUT2D eigenvalue weighted by Gasteiger charge is -2.30. The van der Waals surface area contributed by atoms with Gasteiger partial charge in [0.1, 0.15) is 10.8 Å². The summed E-state index contributed by atoms with van der Waals surface area (Å²) in [5.74, 6) is -1.22. The van der Waals surface area contributed by atoms with Gasteiger partial charge in [-0.05, 0) is 37.1 Å². The maximum absolute atomic E-state index is 14.1. The number of amides is 1. The second-order valence-electron chi connectivity index (χ2n) is 8.14. The Kier molecular flexibility index (Phi) is 7.59. The fourth-order valence-electron chi connectivity index (χ4n) is 3.87. The van der Waals surface area contributed by atoms with Crippen LogP contribution in [-0.2, 0) is 21.4 Å². The van der Waals surface area contributed by atoms with Crippen molar-refractivity contribution in [2.24, 2.45) is 5.92 Å². The lowest BCUT2D eigenvalue weighted by Crippen LogP contribution is -2.41. The largest absolute Gasteiger partial charge is 0.308 e. The molecule has 3 aromatic rings. The fraction of sp³-hybridized carbons (Fsp3) is 0.273. The van der Waals surface area contributed by atoms with Gasteiger partial charge in [0.15, 0.2) is 5.82 Å². The average Bonchev–Trinajstić information content (AvgIpc) is 3.20. The number of non-ortho nitro benzene ring substituents is 1. The summed E-state index contributed by atoms with van der Waals surface area (Å²) in [6.45, 7) is 0.219. The maximum Gasteiger partial charge on any atom is 0.269 e. The standard InChI is InChI=1S/C22H20Cl2FN5O5S/c23-18-2-1-3-20(25)17(18)12-28-13-19(24)21(27-28)26-22(31)14-8-10-29(11-9-14)36(34,35)16-6-4-15(5-7-16)30(32)33/h1-7,13-14H,8-12H2,(H,26,27,31). The first-order valence-corrected chi connectivity index (χ1v) is 13.0. The predicted molar refractivity (Wildman–Crippen MR) is 131 cm³/mol. The van der Waals surface area contributed by atoms with Gasteiger partial charge in [0.05, 0.1) is 16.4 Å². The molecule has 1 amide bonds. The first kappa shape index (κ1) is 26.0. The molecule has 36 heavy (non-hydrogen) atoms. The van der Waals surface area contributed by atoms with Crippen molar-refractivity contribution < 1.29 is 22.5 Å². The zero-order valence-corrected chi connectivity index (χ0v) is 20.9. The van der Waals surface area contributed by atoms with Gasteiger partial charge in [-0.1, -0.05) is 29.3 Å².